The van der Waals surface area contributed by atoms with Gasteiger partial charge in [0.25, 0.3) is 5.91 Å². The van der Waals surface area contributed by atoms with Crippen LogP contribution < -0.4 is 5.32 Å². The third-order valence-electron chi connectivity index (χ3n) is 6.71. The molecule has 2 heterocycles. The molecule has 0 saturated carbocycles. The van der Waals surface area contributed by atoms with Gasteiger partial charge in [-0.05, 0) is 70.9 Å². The second-order valence-corrected chi connectivity index (χ2v) is 12.0. The number of nitrogens with zero attached hydrogens (tertiary/aromatic N) is 1. The van der Waals surface area contributed by atoms with Gasteiger partial charge in [0, 0.05) is 46.4 Å². The lowest BCUT2D eigenvalue weighted by molar-refractivity contribution is 0.0952. The molecule has 0 radical (unpaired) electrons. The Labute approximate surface area is 232 Å². The van der Waals surface area contributed by atoms with E-state index in [2.05, 4.69) is 41.3 Å². The van der Waals surface area contributed by atoms with Crippen LogP contribution in [0.3, 0.4) is 0 Å². The van der Waals surface area contributed by atoms with Gasteiger partial charge in [-0.25, -0.2) is 4.98 Å². The average molecular weight is 544 g/mol. The monoisotopic (exact) mass is 543 g/mol. The first-order chi connectivity index (χ1) is 18.4. The number of rotatable bonds is 8. The Morgan fingerprint density at radius 3 is 2.61 bits per heavy atom. The maximum absolute atomic E-state index is 13.5. The first-order valence-corrected chi connectivity index (χ1v) is 14.3. The van der Waals surface area contributed by atoms with Gasteiger partial charge >= 0.3 is 0 Å². The van der Waals surface area contributed by atoms with Crippen LogP contribution in [0.5, 0.6) is 0 Å². The molecule has 1 amide bonds. The molecule has 1 aliphatic rings. The molecular formula is C31H30ClN3O2S. The highest BCUT2D eigenvalue weighted by Crippen LogP contribution is 2.37. The van der Waals surface area contributed by atoms with Crippen molar-refractivity contribution in [3.05, 3.63) is 106 Å². The normalized spacial score (nSPS) is 14.9. The van der Waals surface area contributed by atoms with Crippen LogP contribution in [0.2, 0.25) is 5.02 Å². The lowest BCUT2D eigenvalue weighted by atomic mass is 9.84. The molecule has 1 unspecified atom stereocenters. The summed E-state index contributed by atoms with van der Waals surface area (Å²) in [6.07, 6.45) is 3.76. The molecule has 0 spiro atoms. The molecular weight excluding hydrogens is 514 g/mol. The minimum atomic E-state index is -0.262. The Balaban J connectivity index is 1.49. The van der Waals surface area contributed by atoms with Crippen LogP contribution in [0.15, 0.2) is 72.9 Å². The molecule has 1 aliphatic carbocycles. The summed E-state index contributed by atoms with van der Waals surface area (Å²) in [5, 5.41) is 4.00. The van der Waals surface area contributed by atoms with E-state index in [1.165, 1.54) is 0 Å². The van der Waals surface area contributed by atoms with E-state index in [1.807, 2.05) is 42.1 Å². The Hall–Kier alpha value is -3.35. The van der Waals surface area contributed by atoms with Gasteiger partial charge in [-0.1, -0.05) is 55.8 Å². The van der Waals surface area contributed by atoms with Crippen LogP contribution in [-0.4, -0.2) is 32.7 Å². The summed E-state index contributed by atoms with van der Waals surface area (Å²) in [6.45, 7) is 4.39. The van der Waals surface area contributed by atoms with Gasteiger partial charge in [0.1, 0.15) is 5.82 Å². The number of Topliss-reactive ketones (excluding diaryl/α,β-unsaturated/α-hetero) is 1. The second-order valence-electron chi connectivity index (χ2n) is 9.96. The maximum Gasteiger partial charge on any atom is 0.256 e. The summed E-state index contributed by atoms with van der Waals surface area (Å²) in [5.74, 6) is 1.69. The summed E-state index contributed by atoms with van der Waals surface area (Å²) >= 11 is 7.87. The Bertz CT molecular complexity index is 1450. The summed E-state index contributed by atoms with van der Waals surface area (Å²) in [6, 6.07) is 20.7. The van der Waals surface area contributed by atoms with Gasteiger partial charge < -0.3 is 10.3 Å². The van der Waals surface area contributed by atoms with Crippen molar-refractivity contribution in [1.82, 2.24) is 9.97 Å². The molecule has 2 aromatic carbocycles. The van der Waals surface area contributed by atoms with Crippen molar-refractivity contribution in [2.24, 2.45) is 5.92 Å². The third-order valence-corrected chi connectivity index (χ3v) is 8.30. The fraction of sp³-hybridized carbons (Fsp3) is 0.258. The summed E-state index contributed by atoms with van der Waals surface area (Å²) in [4.78, 5) is 34.3. The number of H-pyrrole nitrogens is 1. The number of aromatic nitrogens is 2. The SMILES string of the molecule is CC(C)SCC1CC(=O)c2c([nH]c(-c3ccnc(NC(=O)c4ccc(Cl)cc4)c3)c2Cc2ccccc2)C1. The van der Waals surface area contributed by atoms with E-state index in [4.69, 9.17) is 11.6 Å². The van der Waals surface area contributed by atoms with E-state index in [9.17, 15) is 9.59 Å². The standard InChI is InChI=1S/C31H30ClN3O2S/c1-19(2)38-18-21-15-26-29(27(36)16-21)25(14-20-6-4-3-5-7-20)30(34-26)23-12-13-33-28(17-23)35-31(37)22-8-10-24(32)11-9-22/h3-13,17,19,21,34H,14-16,18H2,1-2H3,(H,33,35,37). The third kappa shape index (κ3) is 6.03. The number of thioether (sulfide) groups is 1. The zero-order valence-corrected chi connectivity index (χ0v) is 23.0. The van der Waals surface area contributed by atoms with Gasteiger partial charge in [-0.3, -0.25) is 9.59 Å². The number of anilines is 1. The first kappa shape index (κ1) is 26.3. The van der Waals surface area contributed by atoms with Crippen LogP contribution in [0, 0.1) is 5.92 Å². The first-order valence-electron chi connectivity index (χ1n) is 12.8. The van der Waals surface area contributed by atoms with E-state index in [0.717, 1.165) is 45.8 Å². The molecule has 7 heteroatoms. The Morgan fingerprint density at radius 2 is 1.87 bits per heavy atom. The molecule has 194 valence electrons. The lowest BCUT2D eigenvalue weighted by Crippen LogP contribution is -2.22. The van der Waals surface area contributed by atoms with E-state index >= 15 is 0 Å². The van der Waals surface area contributed by atoms with Crippen molar-refractivity contribution in [1.29, 1.82) is 0 Å². The molecule has 4 aromatic rings. The smallest absolute Gasteiger partial charge is 0.256 e. The highest BCUT2D eigenvalue weighted by atomic mass is 35.5. The highest BCUT2D eigenvalue weighted by molar-refractivity contribution is 7.99. The van der Waals surface area contributed by atoms with Gasteiger partial charge in [-0.15, -0.1) is 0 Å². The van der Waals surface area contributed by atoms with Crippen LogP contribution >= 0.6 is 23.4 Å². The molecule has 0 fully saturated rings. The number of carbonyl (C=O) groups excluding carboxylic acids is 2. The summed E-state index contributed by atoms with van der Waals surface area (Å²) < 4.78 is 0. The van der Waals surface area contributed by atoms with Crippen molar-refractivity contribution < 1.29 is 9.59 Å². The zero-order chi connectivity index (χ0) is 26.6. The van der Waals surface area contributed by atoms with Crippen LogP contribution in [0.4, 0.5) is 5.82 Å². The Kier molecular flexibility index (Phi) is 8.01. The molecule has 5 rings (SSSR count). The predicted molar refractivity (Wildman–Crippen MR) is 156 cm³/mol. The maximum atomic E-state index is 13.5. The number of halogens is 1. The number of ketones is 1. The molecule has 2 N–H and O–H groups in total. The van der Waals surface area contributed by atoms with Crippen LogP contribution in [-0.2, 0) is 12.8 Å². The zero-order valence-electron chi connectivity index (χ0n) is 21.5. The van der Waals surface area contributed by atoms with Gasteiger partial charge in [0.05, 0.1) is 5.69 Å². The number of aromatic amines is 1. The van der Waals surface area contributed by atoms with Gasteiger partial charge in [0.2, 0.25) is 0 Å². The summed E-state index contributed by atoms with van der Waals surface area (Å²) in [7, 11) is 0. The van der Waals surface area contributed by atoms with Crippen LogP contribution in [0.25, 0.3) is 11.3 Å². The molecule has 0 bridgehead atoms. The fourth-order valence-electron chi connectivity index (χ4n) is 4.92. The number of hydrogen-bond acceptors (Lipinski definition) is 4. The molecule has 0 saturated heterocycles. The quantitative estimate of drug-likeness (QED) is 0.242. The second kappa shape index (κ2) is 11.6. The van der Waals surface area contributed by atoms with Crippen molar-refractivity contribution in [2.45, 2.75) is 38.4 Å². The topological polar surface area (TPSA) is 74.8 Å². The number of pyridine rings is 1. The van der Waals surface area contributed by atoms with Crippen molar-refractivity contribution in [2.75, 3.05) is 11.1 Å². The van der Waals surface area contributed by atoms with Gasteiger partial charge in [-0.2, -0.15) is 11.8 Å². The Morgan fingerprint density at radius 1 is 1.11 bits per heavy atom. The molecule has 5 nitrogen and oxygen atoms in total. The molecule has 1 atom stereocenters. The average Bonchev–Trinajstić information content (AvgIpc) is 3.27. The van der Waals surface area contributed by atoms with E-state index in [-0.39, 0.29) is 11.7 Å². The molecule has 2 aromatic heterocycles. The van der Waals surface area contributed by atoms with Crippen LogP contribution in [0.1, 0.15) is 57.8 Å². The number of hydrogen-bond donors (Lipinski definition) is 2. The number of benzene rings is 2. The van der Waals surface area contributed by atoms with E-state index in [1.54, 1.807) is 30.5 Å². The molecule has 0 aliphatic heterocycles. The van der Waals surface area contributed by atoms with Crippen molar-refractivity contribution >= 4 is 40.9 Å². The predicted octanol–water partition coefficient (Wildman–Crippen LogP) is 7.46. The highest BCUT2D eigenvalue weighted by Gasteiger charge is 2.31. The number of carbonyl (C=O) groups is 2. The minimum Gasteiger partial charge on any atom is -0.358 e. The lowest BCUT2D eigenvalue weighted by Gasteiger charge is -2.22. The van der Waals surface area contributed by atoms with E-state index < -0.39 is 0 Å². The van der Waals surface area contributed by atoms with Crippen molar-refractivity contribution in [3.63, 3.8) is 0 Å². The van der Waals surface area contributed by atoms with E-state index in [0.29, 0.717) is 40.4 Å². The number of amides is 1. The largest absolute Gasteiger partial charge is 0.358 e. The van der Waals surface area contributed by atoms with Crippen molar-refractivity contribution in [3.8, 4) is 11.3 Å². The minimum absolute atomic E-state index is 0.208. The fourth-order valence-corrected chi connectivity index (χ4v) is 5.94. The van der Waals surface area contributed by atoms with Gasteiger partial charge in [0.15, 0.2) is 5.78 Å². The number of nitrogens with one attached hydrogen (secondary N) is 2. The molecule has 38 heavy (non-hydrogen) atoms. The summed E-state index contributed by atoms with van der Waals surface area (Å²) in [5.41, 5.74) is 6.29. The number of fused-ring (bicyclic) bond motifs is 1.